The van der Waals surface area contributed by atoms with Gasteiger partial charge in [-0.25, -0.2) is 0 Å². The monoisotopic (exact) mass is 327 g/mol. The van der Waals surface area contributed by atoms with Gasteiger partial charge in [-0.3, -0.25) is 14.9 Å². The number of amides is 2. The standard InChI is InChI=1S/C11H13N5O3S2/c1-3-12-8(17)5-20-11-15-14-10(21-11)13-9(18)7-4-6(2)19-16-7/h4H,3,5H2,1-2H3,(H,12,17)(H,13,14,18). The average molecular weight is 327 g/mol. The summed E-state index contributed by atoms with van der Waals surface area (Å²) in [7, 11) is 0. The Morgan fingerprint density at radius 1 is 1.43 bits per heavy atom. The van der Waals surface area contributed by atoms with Crippen molar-refractivity contribution in [3.05, 3.63) is 17.5 Å². The van der Waals surface area contributed by atoms with Crippen molar-refractivity contribution >= 4 is 40.0 Å². The summed E-state index contributed by atoms with van der Waals surface area (Å²) in [5, 5.41) is 16.9. The van der Waals surface area contributed by atoms with E-state index in [9.17, 15) is 9.59 Å². The minimum atomic E-state index is -0.414. The Kier molecular flexibility index (Phi) is 5.28. The van der Waals surface area contributed by atoms with Gasteiger partial charge in [-0.2, -0.15) is 0 Å². The van der Waals surface area contributed by atoms with Crippen LogP contribution in [-0.2, 0) is 4.79 Å². The Bertz CT molecular complexity index is 639. The summed E-state index contributed by atoms with van der Waals surface area (Å²) in [6.45, 7) is 4.14. The highest BCUT2D eigenvalue weighted by Gasteiger charge is 2.14. The number of hydrogen-bond acceptors (Lipinski definition) is 8. The molecule has 0 saturated heterocycles. The first kappa shape index (κ1) is 15.4. The molecule has 0 spiro atoms. The Labute approximate surface area is 128 Å². The lowest BCUT2D eigenvalue weighted by atomic mass is 10.4. The number of thioether (sulfide) groups is 1. The molecule has 2 aromatic heterocycles. The fraction of sp³-hybridized carbons (Fsp3) is 0.364. The van der Waals surface area contributed by atoms with Gasteiger partial charge in [0.05, 0.1) is 5.75 Å². The number of hydrogen-bond donors (Lipinski definition) is 2. The van der Waals surface area contributed by atoms with Crippen molar-refractivity contribution in [2.24, 2.45) is 0 Å². The van der Waals surface area contributed by atoms with Crippen LogP contribution in [0.4, 0.5) is 5.13 Å². The van der Waals surface area contributed by atoms with Crippen LogP contribution in [0.25, 0.3) is 0 Å². The maximum absolute atomic E-state index is 11.8. The van der Waals surface area contributed by atoms with E-state index in [-0.39, 0.29) is 17.4 Å². The molecule has 0 aliphatic heterocycles. The maximum atomic E-state index is 11.8. The Hall–Kier alpha value is -1.94. The highest BCUT2D eigenvalue weighted by atomic mass is 32.2. The zero-order chi connectivity index (χ0) is 15.2. The fourth-order valence-corrected chi connectivity index (χ4v) is 2.91. The second-order valence-corrected chi connectivity index (χ2v) is 6.09. The molecule has 21 heavy (non-hydrogen) atoms. The van der Waals surface area contributed by atoms with Crippen LogP contribution in [0.15, 0.2) is 14.9 Å². The number of aromatic nitrogens is 3. The van der Waals surface area contributed by atoms with Gasteiger partial charge in [-0.05, 0) is 13.8 Å². The summed E-state index contributed by atoms with van der Waals surface area (Å²) in [6, 6.07) is 1.53. The number of carbonyl (C=O) groups excluding carboxylic acids is 2. The summed E-state index contributed by atoms with van der Waals surface area (Å²) in [5.41, 5.74) is 0.180. The smallest absolute Gasteiger partial charge is 0.279 e. The van der Waals surface area contributed by atoms with E-state index in [0.717, 1.165) is 0 Å². The second kappa shape index (κ2) is 7.18. The van der Waals surface area contributed by atoms with Crippen molar-refractivity contribution in [3.63, 3.8) is 0 Å². The number of nitrogens with one attached hydrogen (secondary N) is 2. The van der Waals surface area contributed by atoms with Crippen molar-refractivity contribution in [2.75, 3.05) is 17.6 Å². The third kappa shape index (κ3) is 4.53. The van der Waals surface area contributed by atoms with Gasteiger partial charge in [0.15, 0.2) is 10.0 Å². The Morgan fingerprint density at radius 2 is 2.24 bits per heavy atom. The van der Waals surface area contributed by atoms with Gasteiger partial charge in [-0.1, -0.05) is 28.3 Å². The van der Waals surface area contributed by atoms with Crippen molar-refractivity contribution in [1.82, 2.24) is 20.7 Å². The molecule has 0 aliphatic carbocycles. The van der Waals surface area contributed by atoms with E-state index < -0.39 is 5.91 Å². The zero-order valence-corrected chi connectivity index (χ0v) is 13.0. The summed E-state index contributed by atoms with van der Waals surface area (Å²) < 4.78 is 5.43. The molecule has 2 amide bonds. The molecule has 0 aromatic carbocycles. The molecular formula is C11H13N5O3S2. The molecular weight excluding hydrogens is 314 g/mol. The van der Waals surface area contributed by atoms with Gasteiger partial charge in [0.1, 0.15) is 5.76 Å². The Morgan fingerprint density at radius 3 is 2.90 bits per heavy atom. The van der Waals surface area contributed by atoms with Gasteiger partial charge >= 0.3 is 0 Å². The minimum absolute atomic E-state index is 0.0682. The van der Waals surface area contributed by atoms with Gasteiger partial charge in [-0.15, -0.1) is 10.2 Å². The number of nitrogens with zero attached hydrogens (tertiary/aromatic N) is 3. The molecule has 0 radical (unpaired) electrons. The van der Waals surface area contributed by atoms with Crippen molar-refractivity contribution < 1.29 is 14.1 Å². The Balaban J connectivity index is 1.88. The summed E-state index contributed by atoms with van der Waals surface area (Å²) in [4.78, 5) is 23.1. The van der Waals surface area contributed by atoms with E-state index in [1.807, 2.05) is 6.92 Å². The summed E-state index contributed by atoms with van der Waals surface area (Å²) >= 11 is 2.46. The predicted octanol–water partition coefficient (Wildman–Crippen LogP) is 1.32. The highest BCUT2D eigenvalue weighted by Crippen LogP contribution is 2.25. The third-order valence-electron chi connectivity index (χ3n) is 2.19. The first-order valence-electron chi connectivity index (χ1n) is 6.06. The van der Waals surface area contributed by atoms with Gasteiger partial charge in [0, 0.05) is 12.6 Å². The summed E-state index contributed by atoms with van der Waals surface area (Å²) in [6.07, 6.45) is 0. The van der Waals surface area contributed by atoms with Crippen LogP contribution in [0.5, 0.6) is 0 Å². The van der Waals surface area contributed by atoms with Gasteiger partial charge in [0.25, 0.3) is 5.91 Å². The van der Waals surface area contributed by atoms with Crippen molar-refractivity contribution in [3.8, 4) is 0 Å². The van der Waals surface area contributed by atoms with Gasteiger partial charge < -0.3 is 9.84 Å². The normalized spacial score (nSPS) is 10.4. The maximum Gasteiger partial charge on any atom is 0.279 e. The lowest BCUT2D eigenvalue weighted by Gasteiger charge is -1.98. The van der Waals surface area contributed by atoms with Crippen LogP contribution < -0.4 is 10.6 Å². The van der Waals surface area contributed by atoms with Crippen LogP contribution >= 0.6 is 23.1 Å². The van der Waals surface area contributed by atoms with E-state index in [2.05, 4.69) is 26.0 Å². The second-order valence-electron chi connectivity index (χ2n) is 3.89. The third-order valence-corrected chi connectivity index (χ3v) is 4.16. The van der Waals surface area contributed by atoms with E-state index in [4.69, 9.17) is 4.52 Å². The molecule has 0 atom stereocenters. The largest absolute Gasteiger partial charge is 0.361 e. The van der Waals surface area contributed by atoms with E-state index >= 15 is 0 Å². The molecule has 2 aromatic rings. The molecule has 0 aliphatic rings. The number of carbonyl (C=O) groups is 2. The SMILES string of the molecule is CCNC(=O)CSc1nnc(NC(=O)c2cc(C)on2)s1. The molecule has 8 nitrogen and oxygen atoms in total. The lowest BCUT2D eigenvalue weighted by Crippen LogP contribution is -2.24. The molecule has 112 valence electrons. The van der Waals surface area contributed by atoms with E-state index in [1.165, 1.54) is 29.2 Å². The molecule has 2 heterocycles. The fourth-order valence-electron chi connectivity index (χ4n) is 1.33. The molecule has 0 unspecified atom stereocenters. The number of rotatable bonds is 6. The van der Waals surface area contributed by atoms with Crippen LogP contribution in [0, 0.1) is 6.92 Å². The van der Waals surface area contributed by atoms with Crippen molar-refractivity contribution in [1.29, 1.82) is 0 Å². The van der Waals surface area contributed by atoms with E-state index in [0.29, 0.717) is 21.8 Å². The predicted molar refractivity (Wildman–Crippen MR) is 78.5 cm³/mol. The van der Waals surface area contributed by atoms with Crippen molar-refractivity contribution in [2.45, 2.75) is 18.2 Å². The minimum Gasteiger partial charge on any atom is -0.361 e. The first-order chi connectivity index (χ1) is 10.1. The van der Waals surface area contributed by atoms with Crippen LogP contribution in [0.1, 0.15) is 23.2 Å². The number of aryl methyl sites for hydroxylation is 1. The van der Waals surface area contributed by atoms with E-state index in [1.54, 1.807) is 6.92 Å². The highest BCUT2D eigenvalue weighted by molar-refractivity contribution is 8.01. The van der Waals surface area contributed by atoms with Gasteiger partial charge in [0.2, 0.25) is 11.0 Å². The molecule has 2 N–H and O–H groups in total. The first-order valence-corrected chi connectivity index (χ1v) is 7.86. The zero-order valence-electron chi connectivity index (χ0n) is 11.4. The molecule has 0 fully saturated rings. The topological polar surface area (TPSA) is 110 Å². The molecule has 0 saturated carbocycles. The quantitative estimate of drug-likeness (QED) is 0.608. The molecule has 10 heteroatoms. The summed E-state index contributed by atoms with van der Waals surface area (Å²) in [5.74, 6) is 0.332. The van der Waals surface area contributed by atoms with Crippen LogP contribution in [0.2, 0.25) is 0 Å². The number of anilines is 1. The van der Waals surface area contributed by atoms with Crippen LogP contribution in [0.3, 0.4) is 0 Å². The molecule has 0 bridgehead atoms. The van der Waals surface area contributed by atoms with Crippen LogP contribution in [-0.4, -0.2) is 39.5 Å². The molecule has 2 rings (SSSR count). The average Bonchev–Trinajstić information content (AvgIpc) is 3.06. The lowest BCUT2D eigenvalue weighted by molar-refractivity contribution is -0.118.